The number of carbonyl (C=O) groups is 1. The molecule has 1 aliphatic carbocycles. The monoisotopic (exact) mass is 289 g/mol. The maximum atomic E-state index is 12.1. The highest BCUT2D eigenvalue weighted by molar-refractivity contribution is 5.72. The summed E-state index contributed by atoms with van der Waals surface area (Å²) in [6.07, 6.45) is 4.99. The van der Waals surface area contributed by atoms with E-state index >= 15 is 0 Å². The number of esters is 1. The van der Waals surface area contributed by atoms with E-state index in [9.17, 15) is 4.79 Å². The van der Waals surface area contributed by atoms with Crippen LogP contribution in [0, 0.1) is 5.92 Å². The Morgan fingerprint density at radius 3 is 2.67 bits per heavy atom. The van der Waals surface area contributed by atoms with Gasteiger partial charge in [0.25, 0.3) is 0 Å². The third kappa shape index (κ3) is 5.50. The second-order valence-corrected chi connectivity index (χ2v) is 6.07. The van der Waals surface area contributed by atoms with Crippen molar-refractivity contribution in [2.45, 2.75) is 52.2 Å². The molecule has 0 heterocycles. The smallest absolute Gasteiger partial charge is 0.310 e. The zero-order valence-corrected chi connectivity index (χ0v) is 13.3. The van der Waals surface area contributed by atoms with E-state index in [1.165, 1.54) is 25.7 Å². The molecule has 1 unspecified atom stereocenters. The number of carbonyl (C=O) groups excluding carboxylic acids is 1. The topological polar surface area (TPSA) is 29.5 Å². The van der Waals surface area contributed by atoms with E-state index in [4.69, 9.17) is 4.74 Å². The maximum absolute atomic E-state index is 12.1. The third-order valence-corrected chi connectivity index (χ3v) is 4.00. The molecule has 1 aromatic rings. The van der Waals surface area contributed by atoms with Crippen molar-refractivity contribution in [2.75, 3.05) is 13.1 Å². The van der Waals surface area contributed by atoms with Crippen LogP contribution in [-0.2, 0) is 16.1 Å². The Morgan fingerprint density at radius 1 is 1.33 bits per heavy atom. The van der Waals surface area contributed by atoms with Gasteiger partial charge in [-0.3, -0.25) is 9.69 Å². The van der Waals surface area contributed by atoms with Gasteiger partial charge in [0.15, 0.2) is 0 Å². The molecule has 1 atom stereocenters. The Morgan fingerprint density at radius 2 is 2.05 bits per heavy atom. The van der Waals surface area contributed by atoms with E-state index < -0.39 is 0 Å². The molecule has 0 N–H and O–H groups in total. The largest absolute Gasteiger partial charge is 0.461 e. The lowest BCUT2D eigenvalue weighted by Gasteiger charge is -2.24. The lowest BCUT2D eigenvalue weighted by Crippen LogP contribution is -2.35. The standard InChI is InChI=1S/C18H27NO2/c1-3-4-12-19(17-10-11-17)13-15(2)18(20)21-14-16-8-6-5-7-9-16/h5-9,15,17H,3-4,10-14H2,1-2H3. The highest BCUT2D eigenvalue weighted by Crippen LogP contribution is 2.28. The van der Waals surface area contributed by atoms with Crippen LogP contribution in [0.1, 0.15) is 45.1 Å². The van der Waals surface area contributed by atoms with Crippen LogP contribution >= 0.6 is 0 Å². The van der Waals surface area contributed by atoms with Crippen molar-refractivity contribution in [3.63, 3.8) is 0 Å². The van der Waals surface area contributed by atoms with Crippen LogP contribution in [0.3, 0.4) is 0 Å². The first-order valence-corrected chi connectivity index (χ1v) is 8.15. The lowest BCUT2D eigenvalue weighted by molar-refractivity contribution is -0.150. The quantitative estimate of drug-likeness (QED) is 0.650. The van der Waals surface area contributed by atoms with Gasteiger partial charge in [-0.05, 0) is 31.4 Å². The van der Waals surface area contributed by atoms with Crippen LogP contribution in [0.25, 0.3) is 0 Å². The van der Waals surface area contributed by atoms with Crippen LogP contribution < -0.4 is 0 Å². The molecule has 0 bridgehead atoms. The second kappa shape index (κ2) is 8.18. The highest BCUT2D eigenvalue weighted by Gasteiger charge is 2.30. The molecule has 3 nitrogen and oxygen atoms in total. The van der Waals surface area contributed by atoms with E-state index in [0.29, 0.717) is 12.6 Å². The molecule has 1 aromatic carbocycles. The van der Waals surface area contributed by atoms with Crippen LogP contribution in [0.2, 0.25) is 0 Å². The van der Waals surface area contributed by atoms with Crippen molar-refractivity contribution in [1.82, 2.24) is 4.90 Å². The molecule has 1 aliphatic rings. The second-order valence-electron chi connectivity index (χ2n) is 6.07. The molecule has 0 spiro atoms. The van der Waals surface area contributed by atoms with Gasteiger partial charge in [0, 0.05) is 12.6 Å². The molecular formula is C18H27NO2. The minimum absolute atomic E-state index is 0.0498. The van der Waals surface area contributed by atoms with Gasteiger partial charge in [-0.2, -0.15) is 0 Å². The molecule has 2 rings (SSSR count). The van der Waals surface area contributed by atoms with Gasteiger partial charge >= 0.3 is 5.97 Å². The van der Waals surface area contributed by atoms with E-state index in [1.807, 2.05) is 37.3 Å². The van der Waals surface area contributed by atoms with E-state index in [1.54, 1.807) is 0 Å². The Kier molecular flexibility index (Phi) is 6.24. The summed E-state index contributed by atoms with van der Waals surface area (Å²) in [5, 5.41) is 0. The zero-order valence-electron chi connectivity index (χ0n) is 13.3. The molecule has 0 aliphatic heterocycles. The van der Waals surface area contributed by atoms with Crippen molar-refractivity contribution in [2.24, 2.45) is 5.92 Å². The Balaban J connectivity index is 1.75. The first-order chi connectivity index (χ1) is 10.2. The average molecular weight is 289 g/mol. The van der Waals surface area contributed by atoms with Gasteiger partial charge in [0.05, 0.1) is 5.92 Å². The number of hydrogen-bond donors (Lipinski definition) is 0. The summed E-state index contributed by atoms with van der Waals surface area (Å²) in [6.45, 7) is 6.51. The van der Waals surface area contributed by atoms with Crippen LogP contribution in [0.15, 0.2) is 30.3 Å². The molecule has 1 fully saturated rings. The van der Waals surface area contributed by atoms with Gasteiger partial charge < -0.3 is 4.74 Å². The van der Waals surface area contributed by atoms with Crippen molar-refractivity contribution in [3.8, 4) is 0 Å². The molecule has 0 aromatic heterocycles. The molecule has 116 valence electrons. The van der Waals surface area contributed by atoms with Gasteiger partial charge in [-0.1, -0.05) is 50.6 Å². The summed E-state index contributed by atoms with van der Waals surface area (Å²) in [7, 11) is 0. The number of nitrogens with zero attached hydrogens (tertiary/aromatic N) is 1. The number of ether oxygens (including phenoxy) is 1. The fraction of sp³-hybridized carbons (Fsp3) is 0.611. The summed E-state index contributed by atoms with van der Waals surface area (Å²) in [5.74, 6) is -0.132. The highest BCUT2D eigenvalue weighted by atomic mass is 16.5. The number of benzene rings is 1. The van der Waals surface area contributed by atoms with Crippen molar-refractivity contribution in [1.29, 1.82) is 0 Å². The zero-order chi connectivity index (χ0) is 15.1. The molecule has 1 saturated carbocycles. The van der Waals surface area contributed by atoms with Gasteiger partial charge in [0.2, 0.25) is 0 Å². The summed E-state index contributed by atoms with van der Waals surface area (Å²) in [6, 6.07) is 10.6. The van der Waals surface area contributed by atoms with Crippen molar-refractivity contribution >= 4 is 5.97 Å². The summed E-state index contributed by atoms with van der Waals surface area (Å²) in [5.41, 5.74) is 1.04. The molecular weight excluding hydrogens is 262 g/mol. The molecule has 0 saturated heterocycles. The Labute approximate surface area is 128 Å². The lowest BCUT2D eigenvalue weighted by atomic mass is 10.1. The van der Waals surface area contributed by atoms with E-state index in [-0.39, 0.29) is 11.9 Å². The predicted octanol–water partition coefficient (Wildman–Crippen LogP) is 3.63. The Hall–Kier alpha value is -1.35. The minimum Gasteiger partial charge on any atom is -0.461 e. The minimum atomic E-state index is -0.0824. The van der Waals surface area contributed by atoms with Crippen molar-refractivity contribution < 1.29 is 9.53 Å². The molecule has 0 radical (unpaired) electrons. The van der Waals surface area contributed by atoms with E-state index in [0.717, 1.165) is 18.7 Å². The first-order valence-electron chi connectivity index (χ1n) is 8.15. The van der Waals surface area contributed by atoms with Crippen LogP contribution in [0.4, 0.5) is 0 Å². The normalized spacial score (nSPS) is 16.0. The fourth-order valence-electron chi connectivity index (χ4n) is 2.52. The number of rotatable bonds is 9. The van der Waals surface area contributed by atoms with Gasteiger partial charge in [-0.25, -0.2) is 0 Å². The maximum Gasteiger partial charge on any atom is 0.310 e. The summed E-state index contributed by atoms with van der Waals surface area (Å²) < 4.78 is 5.43. The fourth-order valence-corrected chi connectivity index (χ4v) is 2.52. The van der Waals surface area contributed by atoms with E-state index in [2.05, 4.69) is 11.8 Å². The number of hydrogen-bond acceptors (Lipinski definition) is 3. The molecule has 3 heteroatoms. The van der Waals surface area contributed by atoms with Gasteiger partial charge in [0.1, 0.15) is 6.61 Å². The van der Waals surface area contributed by atoms with Crippen molar-refractivity contribution in [3.05, 3.63) is 35.9 Å². The van der Waals surface area contributed by atoms with Gasteiger partial charge in [-0.15, -0.1) is 0 Å². The Bertz CT molecular complexity index is 428. The summed E-state index contributed by atoms with van der Waals surface area (Å²) in [4.78, 5) is 14.6. The predicted molar refractivity (Wildman–Crippen MR) is 84.9 cm³/mol. The molecule has 21 heavy (non-hydrogen) atoms. The first kappa shape index (κ1) is 16.0. The van der Waals surface area contributed by atoms with Crippen LogP contribution in [0.5, 0.6) is 0 Å². The van der Waals surface area contributed by atoms with Crippen LogP contribution in [-0.4, -0.2) is 30.0 Å². The number of unbranched alkanes of at least 4 members (excludes halogenated alkanes) is 1. The molecule has 0 amide bonds. The average Bonchev–Trinajstić information content (AvgIpc) is 3.34. The summed E-state index contributed by atoms with van der Waals surface area (Å²) >= 11 is 0. The third-order valence-electron chi connectivity index (χ3n) is 4.00. The SMILES string of the molecule is CCCCN(CC(C)C(=O)OCc1ccccc1)C1CC1.